The molecule has 2 nitrogen and oxygen atoms in total. The third-order valence-electron chi connectivity index (χ3n) is 2.49. The molecular formula is C12H17ClFNO. The van der Waals surface area contributed by atoms with Crippen LogP contribution in [0.15, 0.2) is 18.2 Å². The summed E-state index contributed by atoms with van der Waals surface area (Å²) in [5.41, 5.74) is 6.78. The summed E-state index contributed by atoms with van der Waals surface area (Å²) in [6.45, 7) is 4.47. The first kappa shape index (κ1) is 13.4. The van der Waals surface area contributed by atoms with Crippen LogP contribution in [-0.2, 0) is 11.2 Å². The predicted molar refractivity (Wildman–Crippen MR) is 64.2 cm³/mol. The van der Waals surface area contributed by atoms with E-state index in [1.807, 2.05) is 13.8 Å². The minimum absolute atomic E-state index is 0.0382. The highest BCUT2D eigenvalue weighted by Crippen LogP contribution is 2.17. The molecule has 1 rings (SSSR count). The molecule has 0 saturated carbocycles. The van der Waals surface area contributed by atoms with Crippen LogP contribution in [0.25, 0.3) is 0 Å². The maximum absolute atomic E-state index is 13.2. The lowest BCUT2D eigenvalue weighted by atomic mass is 10.0. The lowest BCUT2D eigenvalue weighted by Crippen LogP contribution is -2.36. The van der Waals surface area contributed by atoms with Gasteiger partial charge >= 0.3 is 0 Å². The van der Waals surface area contributed by atoms with E-state index in [0.29, 0.717) is 13.0 Å². The Bertz CT molecular complexity index is 346. The number of hydrogen-bond acceptors (Lipinski definition) is 2. The molecule has 0 aliphatic rings. The number of hydrogen-bond donors (Lipinski definition) is 1. The number of halogens is 2. The summed E-state index contributed by atoms with van der Waals surface area (Å²) in [6, 6.07) is 4.61. The maximum atomic E-state index is 13.2. The first-order valence-electron chi connectivity index (χ1n) is 5.35. The van der Waals surface area contributed by atoms with Crippen molar-refractivity contribution in [1.29, 1.82) is 0 Å². The molecule has 0 spiro atoms. The Morgan fingerprint density at radius 3 is 2.75 bits per heavy atom. The van der Waals surface area contributed by atoms with Crippen molar-refractivity contribution in [2.45, 2.75) is 32.4 Å². The van der Waals surface area contributed by atoms with Gasteiger partial charge in [0.2, 0.25) is 0 Å². The molecule has 4 heteroatoms. The van der Waals surface area contributed by atoms with Crippen molar-refractivity contribution < 1.29 is 9.13 Å². The Balaban J connectivity index is 2.62. The Labute approximate surface area is 101 Å². The summed E-state index contributed by atoms with van der Waals surface area (Å²) >= 11 is 5.60. The predicted octanol–water partition coefficient (Wildman–Crippen LogP) is 2.77. The van der Waals surface area contributed by atoms with Gasteiger partial charge < -0.3 is 10.5 Å². The van der Waals surface area contributed by atoms with Crippen LogP contribution in [0.5, 0.6) is 0 Å². The first-order chi connectivity index (χ1) is 7.54. The Kier molecular flexibility index (Phi) is 5.19. The lowest BCUT2D eigenvalue weighted by Gasteiger charge is -2.19. The second kappa shape index (κ2) is 6.18. The van der Waals surface area contributed by atoms with Gasteiger partial charge in [-0.05, 0) is 38.0 Å². The summed E-state index contributed by atoms with van der Waals surface area (Å²) < 4.78 is 18.6. The molecule has 0 aliphatic carbocycles. The number of benzene rings is 1. The second-order valence-electron chi connectivity index (χ2n) is 3.78. The maximum Gasteiger partial charge on any atom is 0.142 e. The molecule has 2 N–H and O–H groups in total. The Hall–Kier alpha value is -0.640. The molecule has 0 fully saturated rings. The molecular weight excluding hydrogens is 229 g/mol. The minimum Gasteiger partial charge on any atom is -0.377 e. The van der Waals surface area contributed by atoms with E-state index in [2.05, 4.69) is 0 Å². The topological polar surface area (TPSA) is 35.2 Å². The number of rotatable bonds is 5. The van der Waals surface area contributed by atoms with E-state index in [1.165, 1.54) is 6.07 Å². The van der Waals surface area contributed by atoms with Gasteiger partial charge in [-0.2, -0.15) is 0 Å². The fourth-order valence-corrected chi connectivity index (χ4v) is 1.61. The van der Waals surface area contributed by atoms with Crippen molar-refractivity contribution in [3.8, 4) is 0 Å². The van der Waals surface area contributed by atoms with Gasteiger partial charge in [-0.25, -0.2) is 4.39 Å². The van der Waals surface area contributed by atoms with E-state index in [4.69, 9.17) is 22.1 Å². The highest BCUT2D eigenvalue weighted by molar-refractivity contribution is 6.30. The van der Waals surface area contributed by atoms with Gasteiger partial charge in [0.1, 0.15) is 5.82 Å². The molecule has 0 amide bonds. The Morgan fingerprint density at radius 2 is 2.19 bits per heavy atom. The largest absolute Gasteiger partial charge is 0.377 e. The fraction of sp³-hybridized carbons (Fsp3) is 0.500. The smallest absolute Gasteiger partial charge is 0.142 e. The molecule has 16 heavy (non-hydrogen) atoms. The van der Waals surface area contributed by atoms with Crippen molar-refractivity contribution in [2.75, 3.05) is 6.61 Å². The molecule has 0 aliphatic heterocycles. The molecule has 0 bridgehead atoms. The van der Waals surface area contributed by atoms with Gasteiger partial charge in [0.25, 0.3) is 0 Å². The first-order valence-corrected chi connectivity index (χ1v) is 5.73. The molecule has 90 valence electrons. The molecule has 1 aromatic carbocycles. The van der Waals surface area contributed by atoms with E-state index in [1.54, 1.807) is 12.1 Å². The van der Waals surface area contributed by atoms with Crippen LogP contribution in [0.1, 0.15) is 19.4 Å². The molecule has 0 heterocycles. The van der Waals surface area contributed by atoms with Crippen molar-refractivity contribution >= 4 is 11.6 Å². The standard InChI is InChI=1S/C12H17ClFNO/c1-3-16-8(2)12(15)7-9-4-5-10(13)11(14)6-9/h4-6,8,12H,3,7,15H2,1-2H3. The van der Waals surface area contributed by atoms with Crippen LogP contribution in [0.2, 0.25) is 5.02 Å². The van der Waals surface area contributed by atoms with Crippen LogP contribution in [0, 0.1) is 5.82 Å². The van der Waals surface area contributed by atoms with Crippen molar-refractivity contribution in [1.82, 2.24) is 0 Å². The fourth-order valence-electron chi connectivity index (χ4n) is 1.49. The molecule has 2 unspecified atom stereocenters. The summed E-state index contributed by atoms with van der Waals surface area (Å²) in [5.74, 6) is -0.407. The van der Waals surface area contributed by atoms with Gasteiger partial charge in [-0.1, -0.05) is 17.7 Å². The van der Waals surface area contributed by atoms with Gasteiger partial charge in [0, 0.05) is 12.6 Å². The molecule has 0 radical (unpaired) electrons. The summed E-state index contributed by atoms with van der Waals surface area (Å²) in [5, 5.41) is 0.134. The lowest BCUT2D eigenvalue weighted by molar-refractivity contribution is 0.0577. The van der Waals surface area contributed by atoms with Gasteiger partial charge in [0.05, 0.1) is 11.1 Å². The molecule has 1 aromatic rings. The van der Waals surface area contributed by atoms with Gasteiger partial charge in [-0.3, -0.25) is 0 Å². The van der Waals surface area contributed by atoms with Crippen LogP contribution in [0.4, 0.5) is 4.39 Å². The summed E-state index contributed by atoms with van der Waals surface area (Å²) in [6.07, 6.45) is 0.540. The average molecular weight is 246 g/mol. The third-order valence-corrected chi connectivity index (χ3v) is 2.79. The zero-order valence-corrected chi connectivity index (χ0v) is 10.3. The van der Waals surface area contributed by atoms with Gasteiger partial charge in [-0.15, -0.1) is 0 Å². The van der Waals surface area contributed by atoms with E-state index in [-0.39, 0.29) is 17.2 Å². The zero-order chi connectivity index (χ0) is 12.1. The second-order valence-corrected chi connectivity index (χ2v) is 4.18. The van der Waals surface area contributed by atoms with E-state index in [9.17, 15) is 4.39 Å². The molecule has 0 aromatic heterocycles. The normalized spacial score (nSPS) is 14.8. The van der Waals surface area contributed by atoms with Crippen LogP contribution >= 0.6 is 11.6 Å². The highest BCUT2D eigenvalue weighted by Gasteiger charge is 2.13. The molecule has 2 atom stereocenters. The Morgan fingerprint density at radius 1 is 1.50 bits per heavy atom. The number of ether oxygens (including phenoxy) is 1. The monoisotopic (exact) mass is 245 g/mol. The third kappa shape index (κ3) is 3.74. The van der Waals surface area contributed by atoms with Crippen molar-refractivity contribution in [2.24, 2.45) is 5.73 Å². The zero-order valence-electron chi connectivity index (χ0n) is 9.54. The van der Waals surface area contributed by atoms with E-state index < -0.39 is 5.82 Å². The van der Waals surface area contributed by atoms with Crippen LogP contribution in [-0.4, -0.2) is 18.8 Å². The van der Waals surface area contributed by atoms with E-state index in [0.717, 1.165) is 5.56 Å². The minimum atomic E-state index is -0.407. The average Bonchev–Trinajstić information content (AvgIpc) is 2.24. The van der Waals surface area contributed by atoms with Crippen LogP contribution < -0.4 is 5.73 Å². The summed E-state index contributed by atoms with van der Waals surface area (Å²) in [4.78, 5) is 0. The SMILES string of the molecule is CCOC(C)C(N)Cc1ccc(Cl)c(F)c1. The van der Waals surface area contributed by atoms with E-state index >= 15 is 0 Å². The highest BCUT2D eigenvalue weighted by atomic mass is 35.5. The van der Waals surface area contributed by atoms with Crippen molar-refractivity contribution in [3.63, 3.8) is 0 Å². The van der Waals surface area contributed by atoms with Crippen molar-refractivity contribution in [3.05, 3.63) is 34.6 Å². The quantitative estimate of drug-likeness (QED) is 0.866. The molecule has 0 saturated heterocycles. The van der Waals surface area contributed by atoms with Gasteiger partial charge in [0.15, 0.2) is 0 Å². The van der Waals surface area contributed by atoms with Crippen LogP contribution in [0.3, 0.4) is 0 Å². The summed E-state index contributed by atoms with van der Waals surface area (Å²) in [7, 11) is 0. The number of nitrogens with two attached hydrogens (primary N) is 1.